The molecule has 11 heavy (non-hydrogen) atoms. The largest absolute Gasteiger partial charge is 0.0587 e. The van der Waals surface area contributed by atoms with E-state index in [0.717, 1.165) is 0 Å². The molecule has 1 aromatic rings. The minimum Gasteiger partial charge on any atom is -0.0587 e. The summed E-state index contributed by atoms with van der Waals surface area (Å²) in [6.45, 7) is 4.41. The fraction of sp³-hybridized carbons (Fsp3) is 0.333. The van der Waals surface area contributed by atoms with E-state index in [1.807, 2.05) is 0 Å². The van der Waals surface area contributed by atoms with Crippen LogP contribution in [-0.4, -0.2) is 0 Å². The van der Waals surface area contributed by atoms with E-state index in [-0.39, 0.29) is 0 Å². The highest BCUT2D eigenvalue weighted by atomic mass is 127. The smallest absolute Gasteiger partial charge is 0.0188 e. The maximum atomic E-state index is 3.48. The molecular formula is C9H10BrI. The van der Waals surface area contributed by atoms with Crippen LogP contribution in [0, 0.1) is 3.57 Å². The second-order valence-electron chi connectivity index (χ2n) is 2.86. The minimum absolute atomic E-state index is 0.612. The van der Waals surface area contributed by atoms with Gasteiger partial charge in [0.15, 0.2) is 0 Å². The lowest BCUT2D eigenvalue weighted by molar-refractivity contribution is 0.864. The van der Waals surface area contributed by atoms with Crippen molar-refractivity contribution in [3.8, 4) is 0 Å². The molecule has 1 aromatic carbocycles. The quantitative estimate of drug-likeness (QED) is 0.680. The van der Waals surface area contributed by atoms with Crippen LogP contribution in [0.3, 0.4) is 0 Å². The van der Waals surface area contributed by atoms with Crippen molar-refractivity contribution < 1.29 is 0 Å². The lowest BCUT2D eigenvalue weighted by Crippen LogP contribution is -1.87. The Bertz CT molecular complexity index is 235. The van der Waals surface area contributed by atoms with Crippen LogP contribution in [0.2, 0.25) is 0 Å². The first-order valence-electron chi connectivity index (χ1n) is 3.55. The van der Waals surface area contributed by atoms with Crippen LogP contribution in [0.25, 0.3) is 0 Å². The normalized spacial score (nSPS) is 10.6. The standard InChI is InChI=1S/C9H10BrI/c1-6(2)7-3-8(10)5-9(11)4-7/h3-6H,1-2H3. The molecule has 1 rings (SSSR count). The second kappa shape index (κ2) is 3.90. The molecule has 0 aliphatic carbocycles. The van der Waals surface area contributed by atoms with Gasteiger partial charge in [0.05, 0.1) is 0 Å². The lowest BCUT2D eigenvalue weighted by Gasteiger charge is -2.05. The third kappa shape index (κ3) is 2.75. The summed E-state index contributed by atoms with van der Waals surface area (Å²) in [5.41, 5.74) is 1.39. The van der Waals surface area contributed by atoms with E-state index < -0.39 is 0 Å². The number of rotatable bonds is 1. The van der Waals surface area contributed by atoms with E-state index in [9.17, 15) is 0 Å². The third-order valence-corrected chi connectivity index (χ3v) is 2.63. The van der Waals surface area contributed by atoms with Crippen molar-refractivity contribution in [3.63, 3.8) is 0 Å². The molecule has 0 spiro atoms. The van der Waals surface area contributed by atoms with Crippen molar-refractivity contribution in [1.29, 1.82) is 0 Å². The van der Waals surface area contributed by atoms with E-state index in [1.54, 1.807) is 0 Å². The molecule has 0 fully saturated rings. The van der Waals surface area contributed by atoms with Gasteiger partial charge in [-0.05, 0) is 52.3 Å². The van der Waals surface area contributed by atoms with Gasteiger partial charge in [0.25, 0.3) is 0 Å². The van der Waals surface area contributed by atoms with Crippen LogP contribution in [0.4, 0.5) is 0 Å². The van der Waals surface area contributed by atoms with Gasteiger partial charge in [0.1, 0.15) is 0 Å². The molecule has 0 aliphatic heterocycles. The zero-order valence-corrected chi connectivity index (χ0v) is 10.3. The molecule has 0 saturated heterocycles. The molecule has 0 bridgehead atoms. The van der Waals surface area contributed by atoms with E-state index in [1.165, 1.54) is 13.6 Å². The first-order valence-corrected chi connectivity index (χ1v) is 5.43. The average Bonchev–Trinajstić information content (AvgIpc) is 1.85. The highest BCUT2D eigenvalue weighted by Gasteiger charge is 2.00. The first kappa shape index (κ1) is 9.52. The summed E-state index contributed by atoms with van der Waals surface area (Å²) >= 11 is 5.81. The van der Waals surface area contributed by atoms with Crippen LogP contribution in [-0.2, 0) is 0 Å². The van der Waals surface area contributed by atoms with E-state index in [0.29, 0.717) is 5.92 Å². The van der Waals surface area contributed by atoms with E-state index in [2.05, 4.69) is 70.6 Å². The topological polar surface area (TPSA) is 0 Å². The van der Waals surface area contributed by atoms with Gasteiger partial charge in [-0.3, -0.25) is 0 Å². The molecule has 0 N–H and O–H groups in total. The van der Waals surface area contributed by atoms with Crippen LogP contribution in [0.15, 0.2) is 22.7 Å². The highest BCUT2D eigenvalue weighted by molar-refractivity contribution is 14.1. The van der Waals surface area contributed by atoms with Crippen molar-refractivity contribution in [3.05, 3.63) is 31.8 Å². The molecule has 0 heterocycles. The lowest BCUT2D eigenvalue weighted by atomic mass is 10.0. The molecule has 60 valence electrons. The zero-order valence-electron chi connectivity index (χ0n) is 6.57. The Balaban J connectivity index is 3.08. The fourth-order valence-electron chi connectivity index (χ4n) is 0.908. The van der Waals surface area contributed by atoms with Crippen molar-refractivity contribution in [2.75, 3.05) is 0 Å². The Morgan fingerprint density at radius 3 is 2.36 bits per heavy atom. The van der Waals surface area contributed by atoms with Crippen molar-refractivity contribution >= 4 is 38.5 Å². The van der Waals surface area contributed by atoms with Gasteiger partial charge in [-0.1, -0.05) is 29.8 Å². The van der Waals surface area contributed by atoms with Crippen molar-refractivity contribution in [2.45, 2.75) is 19.8 Å². The molecule has 0 saturated carbocycles. The highest BCUT2D eigenvalue weighted by Crippen LogP contribution is 2.22. The maximum absolute atomic E-state index is 3.48. The molecule has 0 aliphatic rings. The molecule has 0 radical (unpaired) electrons. The second-order valence-corrected chi connectivity index (χ2v) is 5.02. The number of hydrogen-bond acceptors (Lipinski definition) is 0. The Hall–Kier alpha value is 0.430. The van der Waals surface area contributed by atoms with Crippen molar-refractivity contribution in [1.82, 2.24) is 0 Å². The fourth-order valence-corrected chi connectivity index (χ4v) is 2.54. The SMILES string of the molecule is CC(C)c1cc(Br)cc(I)c1. The Morgan fingerprint density at radius 2 is 1.91 bits per heavy atom. The molecule has 0 aromatic heterocycles. The van der Waals surface area contributed by atoms with E-state index in [4.69, 9.17) is 0 Å². The zero-order chi connectivity index (χ0) is 8.43. The Labute approximate surface area is 89.7 Å². The minimum atomic E-state index is 0.612. The predicted octanol–water partition coefficient (Wildman–Crippen LogP) is 4.18. The molecule has 0 atom stereocenters. The third-order valence-electron chi connectivity index (χ3n) is 1.55. The average molecular weight is 325 g/mol. The van der Waals surface area contributed by atoms with E-state index >= 15 is 0 Å². The molecular weight excluding hydrogens is 315 g/mol. The molecule has 0 amide bonds. The molecule has 0 nitrogen and oxygen atoms in total. The Morgan fingerprint density at radius 1 is 1.27 bits per heavy atom. The summed E-state index contributed by atoms with van der Waals surface area (Å²) in [5, 5.41) is 0. The van der Waals surface area contributed by atoms with Gasteiger partial charge in [0.2, 0.25) is 0 Å². The van der Waals surface area contributed by atoms with Gasteiger partial charge in [-0.2, -0.15) is 0 Å². The summed E-state index contributed by atoms with van der Waals surface area (Å²) < 4.78 is 2.47. The number of hydrogen-bond donors (Lipinski definition) is 0. The summed E-state index contributed by atoms with van der Waals surface area (Å²) in [5.74, 6) is 0.612. The summed E-state index contributed by atoms with van der Waals surface area (Å²) in [4.78, 5) is 0. The Kier molecular flexibility index (Phi) is 3.37. The number of benzene rings is 1. The molecule has 2 heteroatoms. The maximum Gasteiger partial charge on any atom is 0.0188 e. The number of halogens is 2. The van der Waals surface area contributed by atoms with Gasteiger partial charge in [-0.15, -0.1) is 0 Å². The van der Waals surface area contributed by atoms with Crippen LogP contribution >= 0.6 is 38.5 Å². The van der Waals surface area contributed by atoms with Crippen molar-refractivity contribution in [2.24, 2.45) is 0 Å². The molecule has 0 unspecified atom stereocenters. The van der Waals surface area contributed by atoms with Gasteiger partial charge >= 0.3 is 0 Å². The van der Waals surface area contributed by atoms with Gasteiger partial charge in [0, 0.05) is 8.04 Å². The monoisotopic (exact) mass is 324 g/mol. The summed E-state index contributed by atoms with van der Waals surface area (Å²) in [6.07, 6.45) is 0. The van der Waals surface area contributed by atoms with Gasteiger partial charge < -0.3 is 0 Å². The van der Waals surface area contributed by atoms with Crippen LogP contribution in [0.1, 0.15) is 25.3 Å². The predicted molar refractivity (Wildman–Crippen MR) is 60.9 cm³/mol. The summed E-state index contributed by atoms with van der Waals surface area (Å²) in [6, 6.07) is 6.51. The van der Waals surface area contributed by atoms with Crippen LogP contribution in [0.5, 0.6) is 0 Å². The van der Waals surface area contributed by atoms with Gasteiger partial charge in [-0.25, -0.2) is 0 Å². The first-order chi connectivity index (χ1) is 5.09. The summed E-state index contributed by atoms with van der Waals surface area (Å²) in [7, 11) is 0. The van der Waals surface area contributed by atoms with Crippen LogP contribution < -0.4 is 0 Å².